The van der Waals surface area contributed by atoms with Gasteiger partial charge in [-0.05, 0) is 43.7 Å². The highest BCUT2D eigenvalue weighted by molar-refractivity contribution is 7.89. The minimum Gasteiger partial charge on any atom is -0.357 e. The van der Waals surface area contributed by atoms with Crippen LogP contribution < -0.4 is 15.4 Å². The smallest absolute Gasteiger partial charge is 0.240 e. The van der Waals surface area contributed by atoms with Crippen molar-refractivity contribution in [1.82, 2.24) is 15.4 Å². The number of guanidine groups is 1. The molecule has 25 heavy (non-hydrogen) atoms. The minimum absolute atomic E-state index is 0.283. The number of sulfonamides is 1. The molecule has 0 heterocycles. The summed E-state index contributed by atoms with van der Waals surface area (Å²) in [6, 6.07) is 8.40. The lowest BCUT2D eigenvalue weighted by Crippen LogP contribution is -2.42. The van der Waals surface area contributed by atoms with Crippen molar-refractivity contribution in [3.05, 3.63) is 30.3 Å². The quantitative estimate of drug-likeness (QED) is 0.355. The van der Waals surface area contributed by atoms with Crippen LogP contribution in [0.2, 0.25) is 0 Å². The number of benzene rings is 1. The van der Waals surface area contributed by atoms with Gasteiger partial charge in [-0.25, -0.2) is 13.1 Å². The largest absolute Gasteiger partial charge is 0.357 e. The molecule has 7 heteroatoms. The predicted molar refractivity (Wildman–Crippen MR) is 102 cm³/mol. The van der Waals surface area contributed by atoms with Crippen LogP contribution in [0.1, 0.15) is 39.5 Å². The van der Waals surface area contributed by atoms with Gasteiger partial charge in [0.1, 0.15) is 0 Å². The van der Waals surface area contributed by atoms with E-state index in [9.17, 15) is 8.42 Å². The molecule has 1 saturated carbocycles. The molecule has 0 radical (unpaired) electrons. The molecule has 140 valence electrons. The molecular weight excluding hydrogens is 336 g/mol. The van der Waals surface area contributed by atoms with E-state index in [1.807, 2.05) is 6.92 Å². The standard InChI is InChI=1S/C18H30N4O2S/c1-3-18(11-8-12-18)15-21-17(19-4-2)20-13-14-22-25(23,24)16-9-6-5-7-10-16/h5-7,9-10,22H,3-4,8,11-15H2,1-2H3,(H2,19,20,21). The zero-order valence-electron chi connectivity index (χ0n) is 15.2. The summed E-state index contributed by atoms with van der Waals surface area (Å²) in [5, 5.41) is 6.42. The van der Waals surface area contributed by atoms with Crippen molar-refractivity contribution in [2.75, 3.05) is 26.2 Å². The highest BCUT2D eigenvalue weighted by Crippen LogP contribution is 2.43. The molecule has 3 N–H and O–H groups in total. The number of nitrogens with zero attached hydrogens (tertiary/aromatic N) is 1. The van der Waals surface area contributed by atoms with E-state index in [1.54, 1.807) is 30.3 Å². The Hall–Kier alpha value is -1.60. The van der Waals surface area contributed by atoms with Crippen molar-refractivity contribution in [1.29, 1.82) is 0 Å². The van der Waals surface area contributed by atoms with Gasteiger partial charge < -0.3 is 10.6 Å². The molecule has 1 fully saturated rings. The molecule has 1 aromatic carbocycles. The molecule has 1 aliphatic carbocycles. The van der Waals surface area contributed by atoms with E-state index >= 15 is 0 Å². The lowest BCUT2D eigenvalue weighted by Gasteiger charge is -2.40. The van der Waals surface area contributed by atoms with Gasteiger partial charge >= 0.3 is 0 Å². The van der Waals surface area contributed by atoms with Crippen LogP contribution in [0.4, 0.5) is 0 Å². The summed E-state index contributed by atoms with van der Waals surface area (Å²) in [4.78, 5) is 4.97. The van der Waals surface area contributed by atoms with E-state index in [0.29, 0.717) is 18.5 Å². The first kappa shape index (κ1) is 19.7. The normalized spacial score (nSPS) is 17.0. The van der Waals surface area contributed by atoms with Crippen LogP contribution in [0, 0.1) is 5.41 Å². The number of nitrogens with one attached hydrogen (secondary N) is 3. The van der Waals surface area contributed by atoms with Crippen LogP contribution in [0.25, 0.3) is 0 Å². The van der Waals surface area contributed by atoms with Gasteiger partial charge in [0, 0.05) is 26.2 Å². The average molecular weight is 367 g/mol. The molecule has 0 atom stereocenters. The molecule has 6 nitrogen and oxygen atoms in total. The monoisotopic (exact) mass is 366 g/mol. The lowest BCUT2D eigenvalue weighted by molar-refractivity contribution is 0.139. The lowest BCUT2D eigenvalue weighted by atomic mass is 9.67. The molecule has 0 aliphatic heterocycles. The third-order valence-electron chi connectivity index (χ3n) is 4.84. The van der Waals surface area contributed by atoms with Crippen molar-refractivity contribution in [3.63, 3.8) is 0 Å². The summed E-state index contributed by atoms with van der Waals surface area (Å²) >= 11 is 0. The number of hydrogen-bond acceptors (Lipinski definition) is 3. The number of hydrogen-bond donors (Lipinski definition) is 3. The van der Waals surface area contributed by atoms with Gasteiger partial charge in [-0.15, -0.1) is 0 Å². The average Bonchev–Trinajstić information content (AvgIpc) is 2.58. The Kier molecular flexibility index (Phi) is 7.25. The Bertz CT molecular complexity index is 649. The third kappa shape index (κ3) is 5.71. The molecule has 0 unspecified atom stereocenters. The Balaban J connectivity index is 1.81. The molecule has 0 aromatic heterocycles. The van der Waals surface area contributed by atoms with Crippen molar-refractivity contribution in [2.45, 2.75) is 44.4 Å². The van der Waals surface area contributed by atoms with Crippen LogP contribution in [-0.4, -0.2) is 40.6 Å². The summed E-state index contributed by atoms with van der Waals surface area (Å²) in [5.74, 6) is 0.751. The third-order valence-corrected chi connectivity index (χ3v) is 6.32. The zero-order valence-corrected chi connectivity index (χ0v) is 16.0. The van der Waals surface area contributed by atoms with Gasteiger partial charge in [0.15, 0.2) is 5.96 Å². The SMILES string of the molecule is CCNC(=NCC1(CC)CCC1)NCCNS(=O)(=O)c1ccccc1. The minimum atomic E-state index is -3.46. The second-order valence-corrected chi connectivity index (χ2v) is 8.31. The van der Waals surface area contributed by atoms with Crippen molar-refractivity contribution >= 4 is 16.0 Å². The zero-order chi connectivity index (χ0) is 18.2. The van der Waals surface area contributed by atoms with Crippen LogP contribution in [-0.2, 0) is 10.0 Å². The Morgan fingerprint density at radius 3 is 2.40 bits per heavy atom. The van der Waals surface area contributed by atoms with Crippen LogP contribution in [0.15, 0.2) is 40.2 Å². The van der Waals surface area contributed by atoms with E-state index < -0.39 is 10.0 Å². The number of rotatable bonds is 9. The van der Waals surface area contributed by atoms with Crippen molar-refractivity contribution in [2.24, 2.45) is 10.4 Å². The summed E-state index contributed by atoms with van der Waals surface area (Å²) < 4.78 is 26.9. The second kappa shape index (κ2) is 9.20. The van der Waals surface area contributed by atoms with Crippen molar-refractivity contribution in [3.8, 4) is 0 Å². The topological polar surface area (TPSA) is 82.6 Å². The number of aliphatic imine (C=N–C) groups is 1. The van der Waals surface area contributed by atoms with Gasteiger partial charge in [0.25, 0.3) is 0 Å². The fourth-order valence-electron chi connectivity index (χ4n) is 2.94. The molecule has 2 rings (SSSR count). The van der Waals surface area contributed by atoms with Gasteiger partial charge in [-0.3, -0.25) is 4.99 Å². The van der Waals surface area contributed by atoms with E-state index in [4.69, 9.17) is 0 Å². The highest BCUT2D eigenvalue weighted by atomic mass is 32.2. The van der Waals surface area contributed by atoms with Crippen LogP contribution in [0.5, 0.6) is 0 Å². The molecule has 0 spiro atoms. The maximum absolute atomic E-state index is 12.2. The fourth-order valence-corrected chi connectivity index (χ4v) is 3.99. The van der Waals surface area contributed by atoms with Crippen LogP contribution >= 0.6 is 0 Å². The van der Waals surface area contributed by atoms with Gasteiger partial charge in [0.2, 0.25) is 10.0 Å². The predicted octanol–water partition coefficient (Wildman–Crippen LogP) is 2.10. The fraction of sp³-hybridized carbons (Fsp3) is 0.611. The molecule has 0 amide bonds. The Morgan fingerprint density at radius 1 is 1.12 bits per heavy atom. The molecular formula is C18H30N4O2S. The summed E-state index contributed by atoms with van der Waals surface area (Å²) in [7, 11) is -3.46. The molecule has 0 bridgehead atoms. The van der Waals surface area contributed by atoms with Gasteiger partial charge in [-0.2, -0.15) is 0 Å². The summed E-state index contributed by atoms with van der Waals surface area (Å²) in [6.07, 6.45) is 4.97. The first-order valence-corrected chi connectivity index (χ1v) is 10.6. The summed E-state index contributed by atoms with van der Waals surface area (Å²) in [6.45, 7) is 6.65. The Morgan fingerprint density at radius 2 is 1.84 bits per heavy atom. The van der Waals surface area contributed by atoms with E-state index in [-0.39, 0.29) is 4.90 Å². The van der Waals surface area contributed by atoms with Gasteiger partial charge in [-0.1, -0.05) is 31.5 Å². The molecule has 0 saturated heterocycles. The van der Waals surface area contributed by atoms with Crippen LogP contribution in [0.3, 0.4) is 0 Å². The first-order chi connectivity index (χ1) is 12.0. The maximum Gasteiger partial charge on any atom is 0.240 e. The summed E-state index contributed by atoms with van der Waals surface area (Å²) in [5.41, 5.74) is 0.372. The highest BCUT2D eigenvalue weighted by Gasteiger charge is 2.34. The van der Waals surface area contributed by atoms with Crippen molar-refractivity contribution < 1.29 is 8.42 Å². The van der Waals surface area contributed by atoms with Gasteiger partial charge in [0.05, 0.1) is 4.90 Å². The second-order valence-electron chi connectivity index (χ2n) is 6.54. The molecule has 1 aliphatic rings. The van der Waals surface area contributed by atoms with E-state index in [2.05, 4.69) is 27.3 Å². The maximum atomic E-state index is 12.2. The Labute approximate surface area is 151 Å². The molecule has 1 aromatic rings. The first-order valence-electron chi connectivity index (χ1n) is 9.08. The van der Waals surface area contributed by atoms with E-state index in [0.717, 1.165) is 25.5 Å². The van der Waals surface area contributed by atoms with E-state index in [1.165, 1.54) is 19.3 Å².